The zero-order valence-electron chi connectivity index (χ0n) is 17.3. The number of nitrogens with one attached hydrogen (secondary N) is 2. The number of aryl methyl sites for hydroxylation is 1. The van der Waals surface area contributed by atoms with Gasteiger partial charge in [-0.2, -0.15) is 5.10 Å². The summed E-state index contributed by atoms with van der Waals surface area (Å²) in [6, 6.07) is 4.73. The van der Waals surface area contributed by atoms with Crippen molar-refractivity contribution in [3.63, 3.8) is 0 Å². The second-order valence-electron chi connectivity index (χ2n) is 7.98. The summed E-state index contributed by atoms with van der Waals surface area (Å²) in [4.78, 5) is 9.42. The maximum Gasteiger partial charge on any atom is 0.191 e. The van der Waals surface area contributed by atoms with Crippen LogP contribution >= 0.6 is 0 Å². The van der Waals surface area contributed by atoms with Crippen LogP contribution in [0.4, 0.5) is 0 Å². The number of methoxy groups -OCH3 is 1. The van der Waals surface area contributed by atoms with Crippen molar-refractivity contribution in [2.45, 2.75) is 76.6 Å². The number of rotatable bonds is 7. The molecule has 0 radical (unpaired) electrons. The fourth-order valence-electron chi connectivity index (χ4n) is 4.17. The molecule has 0 spiro atoms. The summed E-state index contributed by atoms with van der Waals surface area (Å²) in [6.07, 6.45) is 10.8. The molecule has 2 aromatic heterocycles. The van der Waals surface area contributed by atoms with Gasteiger partial charge in [-0.25, -0.2) is 9.67 Å². The largest absolute Gasteiger partial charge is 0.469 e. The lowest BCUT2D eigenvalue weighted by Crippen LogP contribution is -2.50. The minimum absolute atomic E-state index is 0.290. The van der Waals surface area contributed by atoms with Crippen molar-refractivity contribution in [3.8, 4) is 0 Å². The topological polar surface area (TPSA) is 89.5 Å². The van der Waals surface area contributed by atoms with E-state index in [0.29, 0.717) is 19.2 Å². The van der Waals surface area contributed by atoms with E-state index < -0.39 is 0 Å². The van der Waals surface area contributed by atoms with Crippen molar-refractivity contribution in [1.82, 2.24) is 25.4 Å². The summed E-state index contributed by atoms with van der Waals surface area (Å²) in [5.41, 5.74) is 0. The molecule has 2 N–H and O–H groups in total. The molecular weight excluding hydrogens is 368 g/mol. The first kappa shape index (κ1) is 19.9. The molecule has 1 fully saturated rings. The summed E-state index contributed by atoms with van der Waals surface area (Å²) in [5.74, 6) is 3.69. The summed E-state index contributed by atoms with van der Waals surface area (Å²) < 4.78 is 12.6. The summed E-state index contributed by atoms with van der Waals surface area (Å²) >= 11 is 0. The van der Waals surface area contributed by atoms with Gasteiger partial charge in [0.1, 0.15) is 18.2 Å². The number of ether oxygens (including phenoxy) is 1. The number of hydrogen-bond donors (Lipinski definition) is 2. The minimum Gasteiger partial charge on any atom is -0.469 e. The van der Waals surface area contributed by atoms with E-state index in [1.54, 1.807) is 13.4 Å². The number of nitrogens with zero attached hydrogens (tertiary/aromatic N) is 4. The highest BCUT2D eigenvalue weighted by molar-refractivity contribution is 5.80. The first-order valence-corrected chi connectivity index (χ1v) is 10.8. The van der Waals surface area contributed by atoms with Crippen LogP contribution in [0.3, 0.4) is 0 Å². The van der Waals surface area contributed by atoms with E-state index in [4.69, 9.17) is 14.1 Å². The Kier molecular flexibility index (Phi) is 6.82. The number of fused-ring (bicyclic) bond motifs is 1. The Bertz CT molecular complexity index is 779. The van der Waals surface area contributed by atoms with Gasteiger partial charge in [-0.15, -0.1) is 0 Å². The highest BCUT2D eigenvalue weighted by atomic mass is 16.5. The molecule has 2 aromatic rings. The zero-order valence-corrected chi connectivity index (χ0v) is 17.3. The van der Waals surface area contributed by atoms with Crippen molar-refractivity contribution in [2.24, 2.45) is 4.99 Å². The molecule has 0 saturated heterocycles. The second kappa shape index (κ2) is 9.91. The van der Waals surface area contributed by atoms with Gasteiger partial charge in [-0.3, -0.25) is 4.99 Å². The van der Waals surface area contributed by atoms with E-state index in [2.05, 4.69) is 20.7 Å². The van der Waals surface area contributed by atoms with Crippen LogP contribution in [0, 0.1) is 0 Å². The van der Waals surface area contributed by atoms with Gasteiger partial charge in [0, 0.05) is 38.6 Å². The van der Waals surface area contributed by atoms with Crippen molar-refractivity contribution in [3.05, 3.63) is 35.8 Å². The highest BCUT2D eigenvalue weighted by Crippen LogP contribution is 2.18. The molecule has 4 rings (SSSR count). The summed E-state index contributed by atoms with van der Waals surface area (Å²) in [7, 11) is 1.67. The van der Waals surface area contributed by atoms with Crippen LogP contribution in [-0.4, -0.2) is 46.5 Å². The van der Waals surface area contributed by atoms with Crippen LogP contribution in [0.1, 0.15) is 55.9 Å². The molecule has 0 bridgehead atoms. The predicted octanol–water partition coefficient (Wildman–Crippen LogP) is 2.44. The SMILES string of the molecule is COCc1nc2n(n1)CC(NC(=NCCc1ccco1)NC1CCCCC1)CC2. The third kappa shape index (κ3) is 5.59. The Morgan fingerprint density at radius 1 is 1.24 bits per heavy atom. The van der Waals surface area contributed by atoms with E-state index in [9.17, 15) is 0 Å². The fraction of sp³-hybridized carbons (Fsp3) is 0.667. The van der Waals surface area contributed by atoms with Crippen LogP contribution in [-0.2, 0) is 30.7 Å². The smallest absolute Gasteiger partial charge is 0.191 e. The Hall–Kier alpha value is -2.35. The average molecular weight is 401 g/mol. The number of hydrogen-bond acceptors (Lipinski definition) is 5. The van der Waals surface area contributed by atoms with E-state index in [1.807, 2.05) is 16.8 Å². The van der Waals surface area contributed by atoms with Crippen molar-refractivity contribution in [1.29, 1.82) is 0 Å². The Labute approximate surface area is 172 Å². The monoisotopic (exact) mass is 400 g/mol. The van der Waals surface area contributed by atoms with E-state index in [1.165, 1.54) is 32.1 Å². The maximum atomic E-state index is 5.44. The van der Waals surface area contributed by atoms with Gasteiger partial charge in [0.15, 0.2) is 11.8 Å². The number of furan rings is 1. The van der Waals surface area contributed by atoms with Crippen molar-refractivity contribution < 1.29 is 9.15 Å². The molecule has 8 heteroatoms. The van der Waals surface area contributed by atoms with Crippen LogP contribution in [0.2, 0.25) is 0 Å². The molecule has 1 aliphatic heterocycles. The zero-order chi connectivity index (χ0) is 19.9. The molecule has 0 amide bonds. The van der Waals surface area contributed by atoms with Crippen LogP contribution in [0.15, 0.2) is 27.8 Å². The third-order valence-electron chi connectivity index (χ3n) is 5.67. The van der Waals surface area contributed by atoms with Gasteiger partial charge in [0.25, 0.3) is 0 Å². The molecule has 1 unspecified atom stereocenters. The van der Waals surface area contributed by atoms with Gasteiger partial charge in [-0.1, -0.05) is 19.3 Å². The lowest BCUT2D eigenvalue weighted by atomic mass is 9.96. The number of guanidine groups is 1. The molecule has 8 nitrogen and oxygen atoms in total. The Morgan fingerprint density at radius 3 is 2.90 bits per heavy atom. The molecule has 1 saturated carbocycles. The van der Waals surface area contributed by atoms with Gasteiger partial charge >= 0.3 is 0 Å². The number of aromatic nitrogens is 3. The Morgan fingerprint density at radius 2 is 2.10 bits per heavy atom. The van der Waals surface area contributed by atoms with E-state index in [-0.39, 0.29) is 6.04 Å². The third-order valence-corrected chi connectivity index (χ3v) is 5.67. The van der Waals surface area contributed by atoms with Crippen molar-refractivity contribution in [2.75, 3.05) is 13.7 Å². The quantitative estimate of drug-likeness (QED) is 0.548. The predicted molar refractivity (Wildman–Crippen MR) is 111 cm³/mol. The first-order chi connectivity index (χ1) is 14.3. The molecule has 0 aromatic carbocycles. The van der Waals surface area contributed by atoms with E-state index in [0.717, 1.165) is 49.2 Å². The second-order valence-corrected chi connectivity index (χ2v) is 7.98. The molecule has 29 heavy (non-hydrogen) atoms. The minimum atomic E-state index is 0.290. The molecule has 1 aliphatic carbocycles. The van der Waals surface area contributed by atoms with Crippen LogP contribution < -0.4 is 10.6 Å². The van der Waals surface area contributed by atoms with Gasteiger partial charge in [-0.05, 0) is 31.4 Å². The summed E-state index contributed by atoms with van der Waals surface area (Å²) in [6.45, 7) is 1.96. The molecule has 1 atom stereocenters. The van der Waals surface area contributed by atoms with Gasteiger partial charge in [0.2, 0.25) is 0 Å². The van der Waals surface area contributed by atoms with Gasteiger partial charge < -0.3 is 19.8 Å². The molecule has 2 aliphatic rings. The molecule has 3 heterocycles. The molecule has 158 valence electrons. The lowest BCUT2D eigenvalue weighted by molar-refractivity contribution is 0.177. The fourth-order valence-corrected chi connectivity index (χ4v) is 4.17. The molecular formula is C21H32N6O2. The van der Waals surface area contributed by atoms with Gasteiger partial charge in [0.05, 0.1) is 12.8 Å². The van der Waals surface area contributed by atoms with E-state index >= 15 is 0 Å². The van der Waals surface area contributed by atoms with Crippen molar-refractivity contribution >= 4 is 5.96 Å². The highest BCUT2D eigenvalue weighted by Gasteiger charge is 2.23. The maximum absolute atomic E-state index is 5.44. The summed E-state index contributed by atoms with van der Waals surface area (Å²) in [5, 5.41) is 11.9. The average Bonchev–Trinajstić information content (AvgIpc) is 3.38. The van der Waals surface area contributed by atoms with Crippen LogP contribution in [0.5, 0.6) is 0 Å². The van der Waals surface area contributed by atoms with Crippen LogP contribution in [0.25, 0.3) is 0 Å². The standard InChI is InChI=1S/C21H32N6O2/c1-28-15-19-25-20-10-9-17(14-27(20)26-19)24-21(23-16-6-3-2-4-7-16)22-12-11-18-8-5-13-29-18/h5,8,13,16-17H,2-4,6-7,9-12,14-15H2,1H3,(H2,22,23,24). The number of aliphatic imine (C=N–C) groups is 1. The Balaban J connectivity index is 1.38. The normalized spacial score (nSPS) is 20.4. The first-order valence-electron chi connectivity index (χ1n) is 10.8. The lowest BCUT2D eigenvalue weighted by Gasteiger charge is -2.29.